The number of carbonyl (C=O) groups is 2. The van der Waals surface area contributed by atoms with Crippen LogP contribution >= 0.6 is 0 Å². The Kier molecular flexibility index (Phi) is 7.68. The number of hydrogen-bond donors (Lipinski definition) is 3. The Morgan fingerprint density at radius 1 is 1.02 bits per heavy atom. The Hall–Kier alpha value is -4.81. The van der Waals surface area contributed by atoms with Crippen molar-refractivity contribution in [3.8, 4) is 11.3 Å². The first-order valence-corrected chi connectivity index (χ1v) is 12.9. The predicted octanol–water partition coefficient (Wildman–Crippen LogP) is 4.87. The van der Waals surface area contributed by atoms with Gasteiger partial charge in [-0.25, -0.2) is 19.7 Å². The number of likely N-dealkylation sites (tertiary alicyclic amines) is 1. The molecule has 2 aromatic carbocycles. The lowest BCUT2D eigenvalue weighted by Crippen LogP contribution is -2.27. The number of rotatable bonds is 5. The maximum absolute atomic E-state index is 12.7. The Morgan fingerprint density at radius 2 is 1.76 bits per heavy atom. The summed E-state index contributed by atoms with van der Waals surface area (Å²) in [7, 11) is 0. The van der Waals surface area contributed by atoms with Gasteiger partial charge in [0.2, 0.25) is 5.95 Å². The van der Waals surface area contributed by atoms with Crippen LogP contribution in [0, 0.1) is 0 Å². The van der Waals surface area contributed by atoms with Crippen LogP contribution in [0.2, 0.25) is 0 Å². The number of anilines is 2. The number of carboxylic acids is 1. The zero-order valence-corrected chi connectivity index (χ0v) is 21.6. The van der Waals surface area contributed by atoms with Gasteiger partial charge in [-0.05, 0) is 62.1 Å². The van der Waals surface area contributed by atoms with Crippen molar-refractivity contribution in [2.24, 2.45) is 0 Å². The lowest BCUT2D eigenvalue weighted by Gasteiger charge is -2.16. The molecule has 13 heteroatoms. The van der Waals surface area contributed by atoms with Crippen LogP contribution in [0.3, 0.4) is 0 Å². The summed E-state index contributed by atoms with van der Waals surface area (Å²) in [5.74, 6) is -1.14. The lowest BCUT2D eigenvalue weighted by molar-refractivity contribution is -0.192. The van der Waals surface area contributed by atoms with Crippen molar-refractivity contribution in [3.63, 3.8) is 0 Å². The molecule has 0 spiro atoms. The number of carbonyl (C=O) groups excluding carboxylic acids is 1. The molecule has 10 nitrogen and oxygen atoms in total. The fourth-order valence-corrected chi connectivity index (χ4v) is 4.41. The minimum absolute atomic E-state index is 0.0556. The number of alkyl halides is 3. The molecule has 2 aromatic heterocycles. The molecule has 2 aliphatic rings. The maximum Gasteiger partial charge on any atom is 0.490 e. The molecule has 1 saturated carbocycles. The summed E-state index contributed by atoms with van der Waals surface area (Å²) < 4.78 is 31.7. The maximum atomic E-state index is 12.7. The molecule has 0 bridgehead atoms. The molecule has 41 heavy (non-hydrogen) atoms. The van der Waals surface area contributed by atoms with Crippen LogP contribution in [0.5, 0.6) is 0 Å². The second-order valence-corrected chi connectivity index (χ2v) is 9.73. The van der Waals surface area contributed by atoms with Crippen molar-refractivity contribution in [1.82, 2.24) is 24.8 Å². The van der Waals surface area contributed by atoms with E-state index in [1.165, 1.54) is 0 Å². The molecule has 212 valence electrons. The third kappa shape index (κ3) is 6.68. The molecule has 3 N–H and O–H groups in total. The number of aromatic nitrogens is 4. The van der Waals surface area contributed by atoms with Crippen molar-refractivity contribution in [2.45, 2.75) is 37.8 Å². The van der Waals surface area contributed by atoms with Gasteiger partial charge in [0.15, 0.2) is 0 Å². The quantitative estimate of drug-likeness (QED) is 0.311. The molecule has 0 radical (unpaired) electrons. The van der Waals surface area contributed by atoms with Crippen LogP contribution in [0.15, 0.2) is 59.5 Å². The Labute approximate surface area is 231 Å². The highest BCUT2D eigenvalue weighted by Gasteiger charge is 2.38. The van der Waals surface area contributed by atoms with E-state index in [1.807, 2.05) is 47.4 Å². The molecule has 0 atom stereocenters. The van der Waals surface area contributed by atoms with E-state index in [2.05, 4.69) is 25.3 Å². The topological polar surface area (TPSA) is 141 Å². The molecule has 0 unspecified atom stereocenters. The van der Waals surface area contributed by atoms with E-state index in [0.29, 0.717) is 28.3 Å². The first-order valence-electron chi connectivity index (χ1n) is 12.9. The highest BCUT2D eigenvalue weighted by molar-refractivity contribution is 5.95. The van der Waals surface area contributed by atoms with Crippen LogP contribution in [0.25, 0.3) is 22.2 Å². The van der Waals surface area contributed by atoms with E-state index >= 15 is 0 Å². The normalized spacial score (nSPS) is 14.9. The average molecular weight is 567 g/mol. The van der Waals surface area contributed by atoms with E-state index in [9.17, 15) is 22.8 Å². The fourth-order valence-electron chi connectivity index (χ4n) is 4.41. The van der Waals surface area contributed by atoms with Gasteiger partial charge in [-0.15, -0.1) is 0 Å². The number of aromatic amines is 1. The second-order valence-electron chi connectivity index (χ2n) is 9.73. The van der Waals surface area contributed by atoms with Crippen molar-refractivity contribution in [1.29, 1.82) is 0 Å². The molecule has 1 aliphatic carbocycles. The number of amides is 1. The van der Waals surface area contributed by atoms with Gasteiger partial charge in [-0.2, -0.15) is 13.2 Å². The van der Waals surface area contributed by atoms with Crippen molar-refractivity contribution < 1.29 is 27.9 Å². The Bertz CT molecular complexity index is 1660. The summed E-state index contributed by atoms with van der Waals surface area (Å²) in [6.07, 6.45) is 0.866. The van der Waals surface area contributed by atoms with Gasteiger partial charge in [-0.1, -0.05) is 12.1 Å². The summed E-state index contributed by atoms with van der Waals surface area (Å²) in [5.41, 5.74) is 3.55. The van der Waals surface area contributed by atoms with Crippen molar-refractivity contribution >= 4 is 34.4 Å². The van der Waals surface area contributed by atoms with Crippen molar-refractivity contribution in [2.75, 3.05) is 18.4 Å². The second kappa shape index (κ2) is 11.4. The summed E-state index contributed by atoms with van der Waals surface area (Å²) in [5, 5.41) is 10.9. The largest absolute Gasteiger partial charge is 0.490 e. The van der Waals surface area contributed by atoms with E-state index < -0.39 is 12.1 Å². The smallest absolute Gasteiger partial charge is 0.475 e. The number of aliphatic carboxylic acids is 1. The summed E-state index contributed by atoms with van der Waals surface area (Å²) in [4.78, 5) is 52.6. The molecule has 6 rings (SSSR count). The summed E-state index contributed by atoms with van der Waals surface area (Å²) in [6, 6.07) is 14.8. The lowest BCUT2D eigenvalue weighted by atomic mass is 10.1. The van der Waals surface area contributed by atoms with Crippen LogP contribution < -0.4 is 10.9 Å². The molecule has 3 heterocycles. The number of hydrogen-bond acceptors (Lipinski definition) is 7. The van der Waals surface area contributed by atoms with E-state index in [0.717, 1.165) is 61.5 Å². The van der Waals surface area contributed by atoms with Gasteiger partial charge < -0.3 is 20.3 Å². The van der Waals surface area contributed by atoms with Crippen LogP contribution in [-0.2, 0) is 4.79 Å². The van der Waals surface area contributed by atoms with E-state index in [4.69, 9.17) is 9.90 Å². The number of benzene rings is 2. The number of nitrogens with zero attached hydrogens (tertiary/aromatic N) is 4. The Balaban J connectivity index is 0.000000431. The monoisotopic (exact) mass is 566 g/mol. The highest BCUT2D eigenvalue weighted by Crippen LogP contribution is 2.38. The van der Waals surface area contributed by atoms with E-state index in [-0.39, 0.29) is 11.5 Å². The molecule has 1 saturated heterocycles. The van der Waals surface area contributed by atoms with Crippen LogP contribution in [-0.4, -0.2) is 61.1 Å². The van der Waals surface area contributed by atoms with Gasteiger partial charge in [0.1, 0.15) is 5.82 Å². The van der Waals surface area contributed by atoms with Gasteiger partial charge >= 0.3 is 12.1 Å². The van der Waals surface area contributed by atoms with Crippen molar-refractivity contribution in [3.05, 3.63) is 76.5 Å². The summed E-state index contributed by atoms with van der Waals surface area (Å²) >= 11 is 0. The third-order valence-corrected chi connectivity index (χ3v) is 6.64. The molecule has 1 aliphatic heterocycles. The number of halogens is 3. The SMILES string of the molecule is O=C(O)C(F)(F)F.O=C(c1cccc(Nc2nccc(-c3ccc4c(=O)[nH]c(C5CC5)nc4c3)n2)c1)N1CCCC1. The highest BCUT2D eigenvalue weighted by atomic mass is 19.4. The summed E-state index contributed by atoms with van der Waals surface area (Å²) in [6.45, 7) is 1.63. The zero-order valence-electron chi connectivity index (χ0n) is 21.6. The zero-order chi connectivity index (χ0) is 29.1. The number of carboxylic acid groups (broad SMARTS) is 1. The average Bonchev–Trinajstić information content (AvgIpc) is 3.66. The van der Waals surface area contributed by atoms with Crippen LogP contribution in [0.4, 0.5) is 24.8 Å². The van der Waals surface area contributed by atoms with Gasteiger partial charge in [0, 0.05) is 42.0 Å². The number of H-pyrrole nitrogens is 1. The minimum Gasteiger partial charge on any atom is -0.475 e. The number of fused-ring (bicyclic) bond motifs is 1. The van der Waals surface area contributed by atoms with Gasteiger partial charge in [-0.3, -0.25) is 9.59 Å². The predicted molar refractivity (Wildman–Crippen MR) is 144 cm³/mol. The molecular formula is C28H25F3N6O4. The molecular weight excluding hydrogens is 541 g/mol. The first kappa shape index (κ1) is 27.7. The minimum atomic E-state index is -5.08. The molecule has 1 amide bonds. The molecule has 4 aromatic rings. The fraction of sp³-hybridized carbons (Fsp3) is 0.286. The van der Waals surface area contributed by atoms with E-state index in [1.54, 1.807) is 12.3 Å². The van der Waals surface area contributed by atoms with Crippen LogP contribution in [0.1, 0.15) is 47.8 Å². The standard InChI is InChI=1S/C26H24N6O2.C2HF3O2/c33-24-20-9-8-17(15-22(20)29-23(31-24)16-6-7-16)21-10-11-27-26(30-21)28-19-5-3-4-18(14-19)25(34)32-12-1-2-13-32;3-2(4,5)1(6)7/h3-5,8-11,14-16H,1-2,6-7,12-13H2,(H,27,28,30)(H,29,31,33);(H,6,7). The van der Waals surface area contributed by atoms with Gasteiger partial charge in [0.05, 0.1) is 16.6 Å². The molecule has 2 fully saturated rings. The van der Waals surface area contributed by atoms with Gasteiger partial charge in [0.25, 0.3) is 11.5 Å². The number of nitrogens with one attached hydrogen (secondary N) is 2. The Morgan fingerprint density at radius 3 is 2.44 bits per heavy atom. The third-order valence-electron chi connectivity index (χ3n) is 6.64. The first-order chi connectivity index (χ1) is 19.6.